The third-order valence-electron chi connectivity index (χ3n) is 3.47. The average Bonchev–Trinajstić information content (AvgIpc) is 2.64. The SMILES string of the molecule is O=C(Nc1ccccc1)Nc1ccn(O)c(=NCc2ccccc2)c1. The molecule has 0 saturated heterocycles. The van der Waals surface area contributed by atoms with Crippen molar-refractivity contribution in [3.63, 3.8) is 0 Å². The van der Waals surface area contributed by atoms with Crippen molar-refractivity contribution in [2.45, 2.75) is 6.54 Å². The molecule has 2 aromatic carbocycles. The van der Waals surface area contributed by atoms with Crippen molar-refractivity contribution in [3.8, 4) is 0 Å². The number of carbonyl (C=O) groups is 1. The summed E-state index contributed by atoms with van der Waals surface area (Å²) in [6.07, 6.45) is 1.43. The first kappa shape index (κ1) is 16.3. The molecule has 0 spiro atoms. The van der Waals surface area contributed by atoms with Gasteiger partial charge in [0.2, 0.25) is 0 Å². The van der Waals surface area contributed by atoms with Crippen LogP contribution in [0.3, 0.4) is 0 Å². The molecule has 0 atom stereocenters. The fourth-order valence-electron chi connectivity index (χ4n) is 2.25. The number of nitrogens with one attached hydrogen (secondary N) is 2. The lowest BCUT2D eigenvalue weighted by atomic mass is 10.2. The molecule has 0 saturated carbocycles. The maximum absolute atomic E-state index is 12.0. The summed E-state index contributed by atoms with van der Waals surface area (Å²) in [6.45, 7) is 0.432. The molecule has 3 N–H and O–H groups in total. The van der Waals surface area contributed by atoms with E-state index in [4.69, 9.17) is 0 Å². The summed E-state index contributed by atoms with van der Waals surface area (Å²) in [4.78, 5) is 16.4. The van der Waals surface area contributed by atoms with Crippen molar-refractivity contribution in [1.29, 1.82) is 0 Å². The maximum atomic E-state index is 12.0. The molecule has 2 amide bonds. The molecular formula is C19H18N4O2. The van der Waals surface area contributed by atoms with Gasteiger partial charge in [0.15, 0.2) is 5.49 Å². The minimum absolute atomic E-state index is 0.348. The largest absolute Gasteiger partial charge is 0.427 e. The first-order valence-corrected chi connectivity index (χ1v) is 7.80. The molecule has 3 aromatic rings. The van der Waals surface area contributed by atoms with Crippen LogP contribution in [0.2, 0.25) is 0 Å². The molecule has 0 radical (unpaired) electrons. The lowest BCUT2D eigenvalue weighted by Crippen LogP contribution is -2.23. The number of anilines is 2. The lowest BCUT2D eigenvalue weighted by Gasteiger charge is -2.08. The number of nitrogens with zero attached hydrogens (tertiary/aromatic N) is 2. The Morgan fingerprint density at radius 1 is 0.920 bits per heavy atom. The molecule has 0 bridgehead atoms. The van der Waals surface area contributed by atoms with Gasteiger partial charge in [0.05, 0.1) is 6.54 Å². The maximum Gasteiger partial charge on any atom is 0.323 e. The number of aromatic nitrogens is 1. The molecule has 6 nitrogen and oxygen atoms in total. The first-order chi connectivity index (χ1) is 12.2. The normalized spacial score (nSPS) is 11.1. The quantitative estimate of drug-likeness (QED) is 0.639. The van der Waals surface area contributed by atoms with E-state index in [-0.39, 0.29) is 6.03 Å². The average molecular weight is 334 g/mol. The van der Waals surface area contributed by atoms with Gasteiger partial charge < -0.3 is 15.8 Å². The van der Waals surface area contributed by atoms with Crippen molar-refractivity contribution in [2.24, 2.45) is 4.99 Å². The van der Waals surface area contributed by atoms with E-state index < -0.39 is 0 Å². The van der Waals surface area contributed by atoms with Gasteiger partial charge in [0.1, 0.15) is 0 Å². The van der Waals surface area contributed by atoms with Crippen LogP contribution in [0.25, 0.3) is 0 Å². The summed E-state index contributed by atoms with van der Waals surface area (Å²) >= 11 is 0. The standard InChI is InChI=1S/C19H18N4O2/c24-19(21-16-9-5-2-6-10-16)22-17-11-12-23(25)18(13-17)20-14-15-7-3-1-4-8-15/h1-13,25H,14H2,(H2,21,22,24). The van der Waals surface area contributed by atoms with Gasteiger partial charge in [-0.05, 0) is 23.8 Å². The van der Waals surface area contributed by atoms with Crippen molar-refractivity contribution in [2.75, 3.05) is 10.6 Å². The number of para-hydroxylation sites is 1. The zero-order valence-corrected chi connectivity index (χ0v) is 13.5. The zero-order valence-electron chi connectivity index (χ0n) is 13.5. The van der Waals surface area contributed by atoms with Gasteiger partial charge in [-0.15, -0.1) is 0 Å². The number of hydrogen-bond donors (Lipinski definition) is 3. The number of carbonyl (C=O) groups excluding carboxylic acids is 1. The molecule has 126 valence electrons. The molecule has 3 rings (SSSR count). The van der Waals surface area contributed by atoms with Crippen LogP contribution in [0.1, 0.15) is 5.56 Å². The minimum atomic E-state index is -0.365. The van der Waals surface area contributed by atoms with Crippen LogP contribution >= 0.6 is 0 Å². The molecule has 6 heteroatoms. The van der Waals surface area contributed by atoms with Gasteiger partial charge in [-0.25, -0.2) is 4.79 Å². The minimum Gasteiger partial charge on any atom is -0.427 e. The van der Waals surface area contributed by atoms with E-state index >= 15 is 0 Å². The van der Waals surface area contributed by atoms with E-state index in [9.17, 15) is 10.0 Å². The van der Waals surface area contributed by atoms with Gasteiger partial charge in [-0.1, -0.05) is 48.5 Å². The highest BCUT2D eigenvalue weighted by Gasteiger charge is 2.03. The van der Waals surface area contributed by atoms with E-state index in [0.29, 0.717) is 23.4 Å². The lowest BCUT2D eigenvalue weighted by molar-refractivity contribution is 0.171. The van der Waals surface area contributed by atoms with Crippen molar-refractivity contribution < 1.29 is 10.0 Å². The summed E-state index contributed by atoms with van der Waals surface area (Å²) in [5.74, 6) is 0. The number of amides is 2. The Bertz CT molecular complexity index is 905. The Morgan fingerprint density at radius 3 is 2.28 bits per heavy atom. The third kappa shape index (κ3) is 4.71. The first-order valence-electron chi connectivity index (χ1n) is 7.80. The van der Waals surface area contributed by atoms with Crippen LogP contribution < -0.4 is 16.1 Å². The van der Waals surface area contributed by atoms with E-state index in [2.05, 4.69) is 15.6 Å². The van der Waals surface area contributed by atoms with Crippen LogP contribution in [0, 0.1) is 0 Å². The second-order valence-electron chi connectivity index (χ2n) is 5.37. The number of benzene rings is 2. The predicted octanol–water partition coefficient (Wildman–Crippen LogP) is 3.47. The zero-order chi connectivity index (χ0) is 17.5. The second kappa shape index (κ2) is 7.83. The summed E-state index contributed by atoms with van der Waals surface area (Å²) in [5, 5.41) is 15.3. The molecule has 0 aliphatic rings. The Balaban J connectivity index is 1.71. The van der Waals surface area contributed by atoms with E-state index in [1.807, 2.05) is 48.5 Å². The molecule has 0 aliphatic carbocycles. The smallest absolute Gasteiger partial charge is 0.323 e. The van der Waals surface area contributed by atoms with Gasteiger partial charge in [-0.3, -0.25) is 4.99 Å². The van der Waals surface area contributed by atoms with E-state index in [0.717, 1.165) is 10.3 Å². The predicted molar refractivity (Wildman–Crippen MR) is 96.4 cm³/mol. The number of rotatable bonds is 4. The van der Waals surface area contributed by atoms with Crippen molar-refractivity contribution in [1.82, 2.24) is 4.73 Å². The Kier molecular flexibility index (Phi) is 5.11. The monoisotopic (exact) mass is 334 g/mol. The van der Waals surface area contributed by atoms with Crippen molar-refractivity contribution >= 4 is 17.4 Å². The molecule has 0 fully saturated rings. The third-order valence-corrected chi connectivity index (χ3v) is 3.47. The Labute approximate surface area is 145 Å². The fraction of sp³-hybridized carbons (Fsp3) is 0.0526. The van der Waals surface area contributed by atoms with E-state index in [1.165, 1.54) is 6.20 Å². The van der Waals surface area contributed by atoms with Crippen LogP contribution in [0.4, 0.5) is 16.2 Å². The summed E-state index contributed by atoms with van der Waals surface area (Å²) in [7, 11) is 0. The highest BCUT2D eigenvalue weighted by atomic mass is 16.5. The van der Waals surface area contributed by atoms with Gasteiger partial charge >= 0.3 is 6.03 Å². The van der Waals surface area contributed by atoms with Crippen molar-refractivity contribution in [3.05, 3.63) is 90.0 Å². The van der Waals surface area contributed by atoms with Crippen LogP contribution in [-0.4, -0.2) is 16.0 Å². The highest BCUT2D eigenvalue weighted by Crippen LogP contribution is 2.07. The highest BCUT2D eigenvalue weighted by molar-refractivity contribution is 5.99. The molecule has 0 unspecified atom stereocenters. The van der Waals surface area contributed by atoms with Gasteiger partial charge in [0, 0.05) is 23.6 Å². The van der Waals surface area contributed by atoms with Crippen LogP contribution in [0.15, 0.2) is 84.0 Å². The Morgan fingerprint density at radius 2 is 1.56 bits per heavy atom. The number of hydrogen-bond acceptors (Lipinski definition) is 3. The molecule has 1 aromatic heterocycles. The van der Waals surface area contributed by atoms with Gasteiger partial charge in [0.25, 0.3) is 0 Å². The van der Waals surface area contributed by atoms with Crippen LogP contribution in [0.5, 0.6) is 0 Å². The number of pyridine rings is 1. The van der Waals surface area contributed by atoms with Gasteiger partial charge in [-0.2, -0.15) is 4.73 Å². The molecular weight excluding hydrogens is 316 g/mol. The Hall–Kier alpha value is -3.54. The van der Waals surface area contributed by atoms with Crippen LogP contribution in [-0.2, 0) is 6.54 Å². The molecule has 0 aliphatic heterocycles. The molecule has 25 heavy (non-hydrogen) atoms. The molecule has 1 heterocycles. The van der Waals surface area contributed by atoms with E-state index in [1.54, 1.807) is 24.3 Å². The summed E-state index contributed by atoms with van der Waals surface area (Å²) in [6, 6.07) is 21.7. The fourth-order valence-corrected chi connectivity index (χ4v) is 2.25. The summed E-state index contributed by atoms with van der Waals surface area (Å²) in [5.41, 5.74) is 2.61. The number of urea groups is 1. The topological polar surface area (TPSA) is 78.7 Å². The summed E-state index contributed by atoms with van der Waals surface area (Å²) < 4.78 is 0.920. The second-order valence-corrected chi connectivity index (χ2v) is 5.37.